The minimum atomic E-state index is -0.250. The highest BCUT2D eigenvalue weighted by Gasteiger charge is 2.16. The molecule has 108 valence electrons. The molecule has 0 aliphatic carbocycles. The monoisotopic (exact) mass is 275 g/mol. The molecule has 0 unspecified atom stereocenters. The summed E-state index contributed by atoms with van der Waals surface area (Å²) in [6, 6.07) is 0. The lowest BCUT2D eigenvalue weighted by atomic mass is 10.1. The van der Waals surface area contributed by atoms with Crippen molar-refractivity contribution in [3.8, 4) is 0 Å². The Hall–Kier alpha value is -2.11. The lowest BCUT2D eigenvalue weighted by molar-refractivity contribution is 0.383. The first-order chi connectivity index (χ1) is 9.38. The average molecular weight is 275 g/mol. The summed E-state index contributed by atoms with van der Waals surface area (Å²) in [7, 11) is 1.89. The molecule has 0 spiro atoms. The third-order valence-corrected chi connectivity index (χ3v) is 3.03. The van der Waals surface area contributed by atoms with Crippen molar-refractivity contribution in [1.29, 1.82) is 0 Å². The second kappa shape index (κ2) is 5.48. The number of aryl methyl sites for hydroxylation is 1. The quantitative estimate of drug-likeness (QED) is 0.915. The summed E-state index contributed by atoms with van der Waals surface area (Å²) >= 11 is 0. The molecule has 0 amide bonds. The van der Waals surface area contributed by atoms with Crippen LogP contribution < -0.4 is 10.9 Å². The van der Waals surface area contributed by atoms with Crippen molar-refractivity contribution >= 4 is 5.82 Å². The van der Waals surface area contributed by atoms with Gasteiger partial charge in [-0.2, -0.15) is 5.10 Å². The zero-order valence-electron chi connectivity index (χ0n) is 12.4. The lowest BCUT2D eigenvalue weighted by Gasteiger charge is -2.22. The van der Waals surface area contributed by atoms with Crippen LogP contribution in [0.25, 0.3) is 0 Å². The molecule has 0 radical (unpaired) electrons. The molecule has 0 saturated heterocycles. The van der Waals surface area contributed by atoms with E-state index < -0.39 is 0 Å². The Bertz CT molecular complexity index is 635. The van der Waals surface area contributed by atoms with Crippen molar-refractivity contribution in [1.82, 2.24) is 19.3 Å². The van der Waals surface area contributed by atoms with Crippen LogP contribution in [-0.4, -0.2) is 25.9 Å². The Morgan fingerprint density at radius 1 is 1.35 bits per heavy atom. The van der Waals surface area contributed by atoms with Crippen molar-refractivity contribution in [2.24, 2.45) is 7.05 Å². The van der Waals surface area contributed by atoms with Crippen LogP contribution in [0.5, 0.6) is 0 Å². The molecule has 6 heteroatoms. The standard InChI is InChI=1S/C14H21N5O/c1-14(2,3)19-8-7-16-12(13(19)20)15-6-5-11-9-17-18(4)10-11/h7-10H,5-6H2,1-4H3,(H,15,16). The first-order valence-electron chi connectivity index (χ1n) is 6.67. The Morgan fingerprint density at radius 3 is 2.70 bits per heavy atom. The molecule has 0 aliphatic rings. The van der Waals surface area contributed by atoms with Gasteiger partial charge in [0.1, 0.15) is 0 Å². The molecule has 2 aromatic heterocycles. The van der Waals surface area contributed by atoms with Gasteiger partial charge in [0, 0.05) is 37.7 Å². The van der Waals surface area contributed by atoms with Crippen molar-refractivity contribution in [2.75, 3.05) is 11.9 Å². The molecular formula is C14H21N5O. The molecule has 0 bridgehead atoms. The average Bonchev–Trinajstić information content (AvgIpc) is 2.76. The fraction of sp³-hybridized carbons (Fsp3) is 0.500. The Balaban J connectivity index is 2.05. The fourth-order valence-electron chi connectivity index (χ4n) is 1.99. The summed E-state index contributed by atoms with van der Waals surface area (Å²) in [5.41, 5.74) is 0.790. The van der Waals surface area contributed by atoms with E-state index in [0.717, 1.165) is 12.0 Å². The minimum absolute atomic E-state index is 0.0915. The van der Waals surface area contributed by atoms with Crippen LogP contribution in [0, 0.1) is 0 Å². The predicted molar refractivity (Wildman–Crippen MR) is 78.9 cm³/mol. The Kier molecular flexibility index (Phi) is 3.92. The van der Waals surface area contributed by atoms with Crippen molar-refractivity contribution in [3.63, 3.8) is 0 Å². The van der Waals surface area contributed by atoms with Gasteiger partial charge >= 0.3 is 0 Å². The highest BCUT2D eigenvalue weighted by Crippen LogP contribution is 2.10. The second-order valence-corrected chi connectivity index (χ2v) is 5.82. The summed E-state index contributed by atoms with van der Waals surface area (Å²) in [5.74, 6) is 0.395. The molecule has 2 heterocycles. The van der Waals surface area contributed by atoms with Gasteiger partial charge in [-0.25, -0.2) is 4.98 Å². The highest BCUT2D eigenvalue weighted by molar-refractivity contribution is 5.31. The van der Waals surface area contributed by atoms with E-state index in [1.54, 1.807) is 21.6 Å². The summed E-state index contributed by atoms with van der Waals surface area (Å²) in [6.45, 7) is 6.64. The van der Waals surface area contributed by atoms with E-state index in [-0.39, 0.29) is 11.1 Å². The Labute approximate surface area is 118 Å². The van der Waals surface area contributed by atoms with Crippen LogP contribution in [0.1, 0.15) is 26.3 Å². The lowest BCUT2D eigenvalue weighted by Crippen LogP contribution is -2.35. The van der Waals surface area contributed by atoms with Crippen LogP contribution in [-0.2, 0) is 19.0 Å². The Morgan fingerprint density at radius 2 is 2.10 bits per heavy atom. The van der Waals surface area contributed by atoms with Gasteiger partial charge in [-0.3, -0.25) is 9.48 Å². The first-order valence-corrected chi connectivity index (χ1v) is 6.67. The number of hydrogen-bond acceptors (Lipinski definition) is 4. The second-order valence-electron chi connectivity index (χ2n) is 5.82. The molecule has 2 rings (SSSR count). The first kappa shape index (κ1) is 14.3. The van der Waals surface area contributed by atoms with E-state index in [1.807, 2.05) is 40.2 Å². The molecule has 0 fully saturated rings. The largest absolute Gasteiger partial charge is 0.365 e. The van der Waals surface area contributed by atoms with Gasteiger partial charge in [0.15, 0.2) is 5.82 Å². The smallest absolute Gasteiger partial charge is 0.293 e. The van der Waals surface area contributed by atoms with E-state index in [0.29, 0.717) is 12.4 Å². The third kappa shape index (κ3) is 3.26. The summed E-state index contributed by atoms with van der Waals surface area (Å²) in [5, 5.41) is 7.22. The zero-order chi connectivity index (χ0) is 14.8. The van der Waals surface area contributed by atoms with Gasteiger partial charge in [0.05, 0.1) is 6.20 Å². The maximum absolute atomic E-state index is 12.3. The molecule has 1 N–H and O–H groups in total. The molecule has 0 saturated carbocycles. The van der Waals surface area contributed by atoms with Crippen LogP contribution in [0.15, 0.2) is 29.6 Å². The molecule has 0 atom stereocenters. The van der Waals surface area contributed by atoms with Crippen molar-refractivity contribution < 1.29 is 0 Å². The van der Waals surface area contributed by atoms with E-state index in [2.05, 4.69) is 15.4 Å². The van der Waals surface area contributed by atoms with E-state index in [9.17, 15) is 4.79 Å². The predicted octanol–water partition coefficient (Wildman–Crippen LogP) is 1.39. The molecular weight excluding hydrogens is 254 g/mol. The van der Waals surface area contributed by atoms with E-state index in [4.69, 9.17) is 0 Å². The number of nitrogens with one attached hydrogen (secondary N) is 1. The van der Waals surface area contributed by atoms with Crippen LogP contribution in [0.4, 0.5) is 5.82 Å². The number of anilines is 1. The highest BCUT2D eigenvalue weighted by atomic mass is 16.1. The maximum Gasteiger partial charge on any atom is 0.293 e. The normalized spacial score (nSPS) is 11.6. The number of nitrogens with zero attached hydrogens (tertiary/aromatic N) is 4. The van der Waals surface area contributed by atoms with Crippen LogP contribution in [0.3, 0.4) is 0 Å². The molecule has 0 aliphatic heterocycles. The van der Waals surface area contributed by atoms with Crippen molar-refractivity contribution in [2.45, 2.75) is 32.7 Å². The molecule has 6 nitrogen and oxygen atoms in total. The molecule has 20 heavy (non-hydrogen) atoms. The van der Waals surface area contributed by atoms with Crippen LogP contribution >= 0.6 is 0 Å². The van der Waals surface area contributed by atoms with Gasteiger partial charge in [0.2, 0.25) is 0 Å². The summed E-state index contributed by atoms with van der Waals surface area (Å²) in [4.78, 5) is 16.4. The maximum atomic E-state index is 12.3. The van der Waals surface area contributed by atoms with Gasteiger partial charge in [-0.1, -0.05) is 0 Å². The number of hydrogen-bond donors (Lipinski definition) is 1. The van der Waals surface area contributed by atoms with Crippen LogP contribution in [0.2, 0.25) is 0 Å². The van der Waals surface area contributed by atoms with Gasteiger partial charge < -0.3 is 9.88 Å². The summed E-state index contributed by atoms with van der Waals surface area (Å²) in [6.07, 6.45) is 7.97. The van der Waals surface area contributed by atoms with Crippen molar-refractivity contribution in [3.05, 3.63) is 40.7 Å². The fourth-order valence-corrected chi connectivity index (χ4v) is 1.99. The van der Waals surface area contributed by atoms with Gasteiger partial charge in [-0.15, -0.1) is 0 Å². The van der Waals surface area contributed by atoms with E-state index >= 15 is 0 Å². The topological polar surface area (TPSA) is 64.7 Å². The number of rotatable bonds is 4. The SMILES string of the molecule is Cn1cc(CCNc2nccn(C(C)(C)C)c2=O)cn1. The minimum Gasteiger partial charge on any atom is -0.365 e. The van der Waals surface area contributed by atoms with Gasteiger partial charge in [0.25, 0.3) is 5.56 Å². The third-order valence-electron chi connectivity index (χ3n) is 3.03. The zero-order valence-corrected chi connectivity index (χ0v) is 12.4. The molecule has 0 aromatic carbocycles. The molecule has 2 aromatic rings. The van der Waals surface area contributed by atoms with E-state index in [1.165, 1.54) is 0 Å². The summed E-state index contributed by atoms with van der Waals surface area (Å²) < 4.78 is 3.45. The number of aromatic nitrogens is 4. The van der Waals surface area contributed by atoms with Gasteiger partial charge in [-0.05, 0) is 32.8 Å².